The smallest absolute Gasteiger partial charge is 0.254 e. The second-order valence-electron chi connectivity index (χ2n) is 6.62. The quantitative estimate of drug-likeness (QED) is 0.540. The molecule has 1 amide bonds. The summed E-state index contributed by atoms with van der Waals surface area (Å²) in [4.78, 5) is 17.3. The molecule has 0 aliphatic carbocycles. The van der Waals surface area contributed by atoms with E-state index in [9.17, 15) is 4.79 Å². The lowest BCUT2D eigenvalue weighted by Gasteiger charge is -2.15. The minimum Gasteiger partial charge on any atom is -0.345 e. The van der Waals surface area contributed by atoms with Gasteiger partial charge >= 0.3 is 0 Å². The van der Waals surface area contributed by atoms with Crippen LogP contribution in [0.1, 0.15) is 34.6 Å². The van der Waals surface area contributed by atoms with Gasteiger partial charge < -0.3 is 5.32 Å². The molecule has 0 unspecified atom stereocenters. The van der Waals surface area contributed by atoms with Gasteiger partial charge in [-0.2, -0.15) is 5.10 Å². The van der Waals surface area contributed by atoms with Crippen LogP contribution in [0.5, 0.6) is 0 Å². The minimum atomic E-state index is -0.261. The molecule has 0 fully saturated rings. The van der Waals surface area contributed by atoms with Crippen molar-refractivity contribution < 1.29 is 4.79 Å². The highest BCUT2D eigenvalue weighted by atomic mass is 35.5. The summed E-state index contributed by atoms with van der Waals surface area (Å²) in [6, 6.07) is 19.4. The monoisotopic (exact) mass is 390 g/mol. The Bertz CT molecular complexity index is 1140. The predicted octanol–water partition coefficient (Wildman–Crippen LogP) is 4.87. The highest BCUT2D eigenvalue weighted by molar-refractivity contribution is 6.38. The van der Waals surface area contributed by atoms with Gasteiger partial charge in [-0.25, -0.2) is 9.67 Å². The number of hydrogen-bond donors (Lipinski definition) is 1. The van der Waals surface area contributed by atoms with Crippen molar-refractivity contribution in [3.05, 3.63) is 88.7 Å². The second-order valence-corrected chi connectivity index (χ2v) is 7.00. The number of para-hydroxylation sites is 1. The number of hydrogen-bond acceptors (Lipinski definition) is 3. The van der Waals surface area contributed by atoms with Crippen molar-refractivity contribution in [1.29, 1.82) is 0 Å². The summed E-state index contributed by atoms with van der Waals surface area (Å²) in [5, 5.41) is 8.60. The van der Waals surface area contributed by atoms with Crippen molar-refractivity contribution in [2.24, 2.45) is 0 Å². The second kappa shape index (κ2) is 7.44. The molecule has 0 spiro atoms. The number of aromatic nitrogens is 3. The molecule has 0 bridgehead atoms. The van der Waals surface area contributed by atoms with Gasteiger partial charge in [-0.15, -0.1) is 0 Å². The van der Waals surface area contributed by atoms with Crippen molar-refractivity contribution >= 4 is 28.5 Å². The first-order valence-corrected chi connectivity index (χ1v) is 9.39. The number of pyridine rings is 1. The Morgan fingerprint density at radius 2 is 1.71 bits per heavy atom. The molecular formula is C22H19ClN4O. The van der Waals surface area contributed by atoms with Crippen LogP contribution in [0.3, 0.4) is 0 Å². The van der Waals surface area contributed by atoms with Crippen LogP contribution in [0.25, 0.3) is 16.7 Å². The van der Waals surface area contributed by atoms with Crippen LogP contribution in [-0.2, 0) is 0 Å². The number of fused-ring (bicyclic) bond motifs is 1. The maximum absolute atomic E-state index is 12.8. The maximum atomic E-state index is 12.8. The first-order valence-electron chi connectivity index (χ1n) is 9.01. The number of amides is 1. The molecular weight excluding hydrogens is 372 g/mol. The first-order chi connectivity index (χ1) is 13.6. The molecule has 5 nitrogen and oxygen atoms in total. The van der Waals surface area contributed by atoms with Crippen LogP contribution in [0, 0.1) is 6.92 Å². The third-order valence-corrected chi connectivity index (χ3v) is 5.09. The summed E-state index contributed by atoms with van der Waals surface area (Å²) in [6.45, 7) is 3.80. The average molecular weight is 391 g/mol. The Labute approximate surface area is 168 Å². The van der Waals surface area contributed by atoms with Gasteiger partial charge in [-0.1, -0.05) is 60.1 Å². The maximum Gasteiger partial charge on any atom is 0.254 e. The minimum absolute atomic E-state index is 0.145. The lowest BCUT2D eigenvalue weighted by molar-refractivity contribution is 0.0940. The summed E-state index contributed by atoms with van der Waals surface area (Å²) >= 11 is 6.62. The van der Waals surface area contributed by atoms with Crippen LogP contribution in [-0.4, -0.2) is 20.7 Å². The van der Waals surface area contributed by atoms with Gasteiger partial charge in [0, 0.05) is 6.20 Å². The number of halogens is 1. The molecule has 0 radical (unpaired) electrons. The van der Waals surface area contributed by atoms with Gasteiger partial charge in [0.05, 0.1) is 33.4 Å². The van der Waals surface area contributed by atoms with Crippen molar-refractivity contribution in [2.45, 2.75) is 19.9 Å². The fraction of sp³-hybridized carbons (Fsp3) is 0.136. The molecule has 2 aromatic carbocycles. The molecule has 0 saturated heterocycles. The van der Waals surface area contributed by atoms with E-state index in [0.29, 0.717) is 21.6 Å². The van der Waals surface area contributed by atoms with E-state index >= 15 is 0 Å². The molecule has 1 atom stereocenters. The molecule has 140 valence electrons. The highest BCUT2D eigenvalue weighted by Crippen LogP contribution is 2.30. The predicted molar refractivity (Wildman–Crippen MR) is 111 cm³/mol. The van der Waals surface area contributed by atoms with Crippen molar-refractivity contribution in [3.8, 4) is 5.69 Å². The third-order valence-electron chi connectivity index (χ3n) is 4.70. The van der Waals surface area contributed by atoms with Crippen molar-refractivity contribution in [2.75, 3.05) is 0 Å². The summed E-state index contributed by atoms with van der Waals surface area (Å²) in [5.74, 6) is -0.261. The van der Waals surface area contributed by atoms with E-state index in [2.05, 4.69) is 15.4 Å². The largest absolute Gasteiger partial charge is 0.345 e. The van der Waals surface area contributed by atoms with Crippen LogP contribution >= 0.6 is 11.6 Å². The Kier molecular flexibility index (Phi) is 4.84. The molecule has 2 aromatic heterocycles. The van der Waals surface area contributed by atoms with E-state index in [-0.39, 0.29) is 11.9 Å². The molecule has 4 rings (SSSR count). The number of carbonyl (C=O) groups is 1. The number of aryl methyl sites for hydroxylation is 1. The van der Waals surface area contributed by atoms with E-state index in [1.54, 1.807) is 4.68 Å². The molecule has 0 saturated carbocycles. The fourth-order valence-electron chi connectivity index (χ4n) is 3.22. The molecule has 0 aliphatic heterocycles. The zero-order valence-corrected chi connectivity index (χ0v) is 16.3. The van der Waals surface area contributed by atoms with Crippen LogP contribution in [0.15, 0.2) is 66.9 Å². The fourth-order valence-corrected chi connectivity index (χ4v) is 3.57. The summed E-state index contributed by atoms with van der Waals surface area (Å²) in [6.07, 6.45) is 1.51. The van der Waals surface area contributed by atoms with Crippen LogP contribution < -0.4 is 5.32 Å². The molecule has 28 heavy (non-hydrogen) atoms. The van der Waals surface area contributed by atoms with Crippen molar-refractivity contribution in [1.82, 2.24) is 20.1 Å². The van der Waals surface area contributed by atoms with Crippen molar-refractivity contribution in [3.63, 3.8) is 0 Å². The number of nitrogens with one attached hydrogen (secondary N) is 1. The SMILES string of the molecule is Cc1nn(-c2ccccc2)c2ncc(C(=O)N[C@@H](C)c3ccccc3)c(Cl)c12. The number of benzene rings is 2. The summed E-state index contributed by atoms with van der Waals surface area (Å²) in [5.41, 5.74) is 3.60. The number of nitrogens with zero attached hydrogens (tertiary/aromatic N) is 3. The van der Waals surface area contributed by atoms with Gasteiger partial charge in [-0.3, -0.25) is 4.79 Å². The Morgan fingerprint density at radius 3 is 2.39 bits per heavy atom. The van der Waals surface area contributed by atoms with E-state index in [1.165, 1.54) is 6.20 Å². The third kappa shape index (κ3) is 3.25. The molecule has 1 N–H and O–H groups in total. The zero-order valence-electron chi connectivity index (χ0n) is 15.6. The average Bonchev–Trinajstić information content (AvgIpc) is 3.07. The first kappa shape index (κ1) is 18.2. The van der Waals surface area contributed by atoms with Gasteiger partial charge in [0.25, 0.3) is 5.91 Å². The van der Waals surface area contributed by atoms with E-state index in [1.807, 2.05) is 74.5 Å². The van der Waals surface area contributed by atoms with Crippen LogP contribution in [0.2, 0.25) is 5.02 Å². The number of rotatable bonds is 4. The molecule has 2 heterocycles. The van der Waals surface area contributed by atoms with E-state index in [0.717, 1.165) is 16.9 Å². The molecule has 4 aromatic rings. The van der Waals surface area contributed by atoms with Gasteiger partial charge in [0.1, 0.15) is 0 Å². The van der Waals surface area contributed by atoms with E-state index < -0.39 is 0 Å². The topological polar surface area (TPSA) is 59.8 Å². The lowest BCUT2D eigenvalue weighted by Crippen LogP contribution is -2.27. The normalized spacial score (nSPS) is 12.1. The Balaban J connectivity index is 1.70. The van der Waals surface area contributed by atoms with Crippen LogP contribution in [0.4, 0.5) is 0 Å². The molecule has 6 heteroatoms. The van der Waals surface area contributed by atoms with Gasteiger partial charge in [0.2, 0.25) is 0 Å². The van der Waals surface area contributed by atoms with Gasteiger partial charge in [-0.05, 0) is 31.5 Å². The molecule has 0 aliphatic rings. The number of carbonyl (C=O) groups excluding carboxylic acids is 1. The Morgan fingerprint density at radius 1 is 1.07 bits per heavy atom. The standard InChI is InChI=1S/C22H19ClN4O/c1-14(16-9-5-3-6-10-16)25-22(28)18-13-24-21-19(20(18)23)15(2)26-27(21)17-11-7-4-8-12-17/h3-14H,1-2H3,(H,25,28)/t14-/m0/s1. The highest BCUT2D eigenvalue weighted by Gasteiger charge is 2.21. The van der Waals surface area contributed by atoms with Gasteiger partial charge in [0.15, 0.2) is 5.65 Å². The summed E-state index contributed by atoms with van der Waals surface area (Å²) in [7, 11) is 0. The summed E-state index contributed by atoms with van der Waals surface area (Å²) < 4.78 is 1.74. The van der Waals surface area contributed by atoms with E-state index in [4.69, 9.17) is 11.6 Å². The lowest BCUT2D eigenvalue weighted by atomic mass is 10.1. The zero-order chi connectivity index (χ0) is 19.7. The Hall–Kier alpha value is -3.18.